The normalized spacial score (nSPS) is 23.1. The van der Waals surface area contributed by atoms with Gasteiger partial charge < -0.3 is 14.5 Å². The van der Waals surface area contributed by atoms with Gasteiger partial charge in [-0.2, -0.15) is 18.4 Å². The molecule has 0 N–H and O–H groups in total. The molecule has 2 aromatic carbocycles. The van der Waals surface area contributed by atoms with Crippen LogP contribution in [-0.2, 0) is 22.2 Å². The van der Waals surface area contributed by atoms with Gasteiger partial charge in [-0.1, -0.05) is 12.1 Å². The van der Waals surface area contributed by atoms with Crippen molar-refractivity contribution in [3.8, 4) is 11.8 Å². The third kappa shape index (κ3) is 3.56. The van der Waals surface area contributed by atoms with Crippen molar-refractivity contribution in [2.45, 2.75) is 37.1 Å². The molecule has 0 saturated carbocycles. The Morgan fingerprint density at radius 2 is 1.97 bits per heavy atom. The lowest BCUT2D eigenvalue weighted by molar-refractivity contribution is -0.138. The highest BCUT2D eigenvalue weighted by atomic mass is 19.4. The number of hydrogen-bond donors (Lipinski definition) is 0. The van der Waals surface area contributed by atoms with Gasteiger partial charge in [0.1, 0.15) is 11.8 Å². The number of anilines is 1. The number of urea groups is 1. The van der Waals surface area contributed by atoms with Crippen LogP contribution in [0.5, 0.6) is 5.75 Å². The van der Waals surface area contributed by atoms with E-state index in [1.165, 1.54) is 18.1 Å². The van der Waals surface area contributed by atoms with Gasteiger partial charge in [-0.25, -0.2) is 9.69 Å². The van der Waals surface area contributed by atoms with Crippen LogP contribution in [0.15, 0.2) is 42.5 Å². The highest BCUT2D eigenvalue weighted by Crippen LogP contribution is 2.43. The molecule has 3 saturated heterocycles. The van der Waals surface area contributed by atoms with Crippen LogP contribution in [0.4, 0.5) is 23.7 Å². The zero-order valence-electron chi connectivity index (χ0n) is 18.5. The molecular weight excluding hydrogens is 465 g/mol. The molecule has 2 bridgehead atoms. The molecule has 180 valence electrons. The number of benzene rings is 2. The molecule has 0 spiro atoms. The number of nitrogens with zero attached hydrogens (tertiary/aromatic N) is 4. The maximum Gasteiger partial charge on any atom is 0.417 e. The molecule has 0 aliphatic carbocycles. The Morgan fingerprint density at radius 3 is 2.66 bits per heavy atom. The summed E-state index contributed by atoms with van der Waals surface area (Å²) in [5.74, 6) is -0.279. The van der Waals surface area contributed by atoms with Crippen molar-refractivity contribution < 1.29 is 32.3 Å². The highest BCUT2D eigenvalue weighted by molar-refractivity contribution is 6.22. The van der Waals surface area contributed by atoms with Crippen molar-refractivity contribution in [2.24, 2.45) is 0 Å². The molecule has 3 fully saturated rings. The number of rotatable bonds is 4. The van der Waals surface area contributed by atoms with Gasteiger partial charge in [0.25, 0.3) is 5.91 Å². The van der Waals surface area contributed by atoms with Crippen molar-refractivity contribution in [1.29, 1.82) is 5.26 Å². The molecule has 35 heavy (non-hydrogen) atoms. The van der Waals surface area contributed by atoms with Gasteiger partial charge in [0.2, 0.25) is 5.91 Å². The Kier molecular flexibility index (Phi) is 5.20. The number of nitriles is 1. The number of hydrogen-bond acceptors (Lipinski definition) is 5. The SMILES string of the molecule is COc1cccc(CC(=O)N2C[C@H]3CC2[C@H]2C(=O)N(c4ccc(C#N)c(C(F)(F)F)c4)C(=O)N32)c1. The summed E-state index contributed by atoms with van der Waals surface area (Å²) >= 11 is 0. The number of likely N-dealkylation sites (tertiary alicyclic amines) is 1. The summed E-state index contributed by atoms with van der Waals surface area (Å²) in [7, 11) is 1.52. The molecular formula is C24H19F3N4O4. The second-order valence-corrected chi connectivity index (χ2v) is 8.68. The molecule has 2 aromatic rings. The lowest BCUT2D eigenvalue weighted by atomic mass is 10.0. The van der Waals surface area contributed by atoms with Gasteiger partial charge in [-0.15, -0.1) is 0 Å². The summed E-state index contributed by atoms with van der Waals surface area (Å²) in [4.78, 5) is 43.1. The molecule has 3 atom stereocenters. The predicted molar refractivity (Wildman–Crippen MR) is 115 cm³/mol. The summed E-state index contributed by atoms with van der Waals surface area (Å²) in [5, 5.41) is 9.02. The van der Waals surface area contributed by atoms with E-state index in [0.717, 1.165) is 22.6 Å². The maximum absolute atomic E-state index is 13.4. The van der Waals surface area contributed by atoms with Crippen molar-refractivity contribution in [3.05, 3.63) is 59.2 Å². The van der Waals surface area contributed by atoms with Crippen molar-refractivity contribution >= 4 is 23.5 Å². The van der Waals surface area contributed by atoms with Gasteiger partial charge in [0.05, 0.1) is 48.5 Å². The number of methoxy groups -OCH3 is 1. The number of halogens is 3. The number of amides is 4. The number of imide groups is 1. The second kappa shape index (κ2) is 8.01. The Balaban J connectivity index is 1.40. The van der Waals surface area contributed by atoms with Gasteiger partial charge in [-0.3, -0.25) is 9.59 Å². The smallest absolute Gasteiger partial charge is 0.417 e. The van der Waals surface area contributed by atoms with Gasteiger partial charge in [0, 0.05) is 6.54 Å². The average Bonchev–Trinajstić information content (AvgIpc) is 3.49. The molecule has 0 aromatic heterocycles. The fourth-order valence-corrected chi connectivity index (χ4v) is 5.24. The Morgan fingerprint density at radius 1 is 1.20 bits per heavy atom. The predicted octanol–water partition coefficient (Wildman–Crippen LogP) is 2.95. The minimum Gasteiger partial charge on any atom is -0.497 e. The summed E-state index contributed by atoms with van der Waals surface area (Å²) < 4.78 is 45.5. The van der Waals surface area contributed by atoms with Gasteiger partial charge in [0.15, 0.2) is 0 Å². The van der Waals surface area contributed by atoms with E-state index in [0.29, 0.717) is 18.2 Å². The Bertz CT molecular complexity index is 1290. The third-order valence-electron chi connectivity index (χ3n) is 6.76. The number of carbonyl (C=O) groups is 3. The minimum absolute atomic E-state index is 0.0869. The van der Waals surface area contributed by atoms with E-state index in [2.05, 4.69) is 0 Å². The van der Waals surface area contributed by atoms with Gasteiger partial charge in [-0.05, 0) is 42.3 Å². The summed E-state index contributed by atoms with van der Waals surface area (Å²) in [6.07, 6.45) is -4.31. The fraction of sp³-hybridized carbons (Fsp3) is 0.333. The monoisotopic (exact) mass is 484 g/mol. The first kappa shape index (κ1) is 22.7. The zero-order chi connectivity index (χ0) is 25.1. The van der Waals surface area contributed by atoms with E-state index < -0.39 is 47.4 Å². The molecule has 0 radical (unpaired) electrons. The third-order valence-corrected chi connectivity index (χ3v) is 6.76. The fourth-order valence-electron chi connectivity index (χ4n) is 5.24. The van der Waals surface area contributed by atoms with Crippen molar-refractivity contribution in [1.82, 2.24) is 9.80 Å². The molecule has 3 aliphatic heterocycles. The number of ether oxygens (including phenoxy) is 1. The number of carbonyl (C=O) groups excluding carboxylic acids is 3. The van der Waals surface area contributed by atoms with Gasteiger partial charge >= 0.3 is 12.2 Å². The van der Waals surface area contributed by atoms with Crippen LogP contribution in [-0.4, -0.2) is 59.4 Å². The first-order valence-corrected chi connectivity index (χ1v) is 10.8. The molecule has 8 nitrogen and oxygen atoms in total. The lowest BCUT2D eigenvalue weighted by Crippen LogP contribution is -2.55. The second-order valence-electron chi connectivity index (χ2n) is 8.68. The molecule has 3 aliphatic rings. The Labute approximate surface area is 198 Å². The van der Waals surface area contributed by atoms with Crippen molar-refractivity contribution in [2.75, 3.05) is 18.6 Å². The van der Waals surface area contributed by atoms with E-state index in [4.69, 9.17) is 10.00 Å². The minimum atomic E-state index is -4.83. The maximum atomic E-state index is 13.4. The van der Waals surface area contributed by atoms with Crippen LogP contribution >= 0.6 is 0 Å². The van der Waals surface area contributed by atoms with Crippen LogP contribution < -0.4 is 9.64 Å². The molecule has 1 unspecified atom stereocenters. The highest BCUT2D eigenvalue weighted by Gasteiger charge is 2.62. The number of alkyl halides is 3. The topological polar surface area (TPSA) is 94.0 Å². The van der Waals surface area contributed by atoms with E-state index in [-0.39, 0.29) is 24.6 Å². The molecule has 3 heterocycles. The Hall–Kier alpha value is -4.07. The molecule has 11 heteroatoms. The molecule has 4 amide bonds. The van der Waals surface area contributed by atoms with E-state index >= 15 is 0 Å². The van der Waals surface area contributed by atoms with E-state index in [1.54, 1.807) is 29.2 Å². The van der Waals surface area contributed by atoms with Crippen LogP contribution in [0.3, 0.4) is 0 Å². The zero-order valence-corrected chi connectivity index (χ0v) is 18.5. The largest absolute Gasteiger partial charge is 0.497 e. The van der Waals surface area contributed by atoms with Crippen LogP contribution in [0, 0.1) is 11.3 Å². The first-order valence-electron chi connectivity index (χ1n) is 10.8. The summed E-state index contributed by atoms with van der Waals surface area (Å²) in [5.41, 5.74) is -1.34. The quantitative estimate of drug-likeness (QED) is 0.622. The van der Waals surface area contributed by atoms with Crippen LogP contribution in [0.2, 0.25) is 0 Å². The van der Waals surface area contributed by atoms with Crippen LogP contribution in [0.25, 0.3) is 0 Å². The summed E-state index contributed by atoms with van der Waals surface area (Å²) in [6, 6.07) is 8.65. The average molecular weight is 484 g/mol. The molecule has 5 rings (SSSR count). The van der Waals surface area contributed by atoms with Crippen LogP contribution in [0.1, 0.15) is 23.1 Å². The lowest BCUT2D eigenvalue weighted by Gasteiger charge is -2.35. The standard InChI is InChI=1S/C24H19F3N4O4/c1-35-17-4-2-3-13(7-17)8-20(32)29-12-16-10-19(29)21-22(33)31(23(34)30(16)21)15-6-5-14(11-28)18(9-15)24(25,26)27/h2-7,9,16,19,21H,8,10,12H2,1H3/t16-,19?,21+/m1/s1. The van der Waals surface area contributed by atoms with Crippen molar-refractivity contribution in [3.63, 3.8) is 0 Å². The van der Waals surface area contributed by atoms with E-state index in [1.807, 2.05) is 0 Å². The first-order chi connectivity index (χ1) is 16.6. The summed E-state index contributed by atoms with van der Waals surface area (Å²) in [6.45, 7) is 0.248. The number of piperazine rings is 1. The number of fused-ring (bicyclic) bond motifs is 5. The van der Waals surface area contributed by atoms with E-state index in [9.17, 15) is 27.6 Å².